The number of rotatable bonds is 4. The fraction of sp³-hybridized carbons (Fsp3) is 0.250. The summed E-state index contributed by atoms with van der Waals surface area (Å²) in [6.45, 7) is 0.617. The van der Waals surface area contributed by atoms with E-state index in [-0.39, 0.29) is 24.2 Å². The lowest BCUT2D eigenvalue weighted by Gasteiger charge is -2.24. The van der Waals surface area contributed by atoms with Gasteiger partial charge in [-0.05, 0) is 55.3 Å². The van der Waals surface area contributed by atoms with Gasteiger partial charge in [0, 0.05) is 17.8 Å². The second kappa shape index (κ2) is 7.22. The minimum atomic E-state index is -1.03. The predicted molar refractivity (Wildman–Crippen MR) is 98.7 cm³/mol. The molecule has 8 nitrogen and oxygen atoms in total. The standard InChI is InChI=1S/C20H18N2O6/c23-18(21-14-6-3-12(4-7-14)20(25)26)15-2-1-9-22(15)19(24)13-5-8-16-17(10-13)28-11-27-16/h3-8,10,15H,1-2,9,11H2,(H,21,23)(H,25,26). The summed E-state index contributed by atoms with van der Waals surface area (Å²) in [5.74, 6) is -0.456. The van der Waals surface area contributed by atoms with Crippen LogP contribution in [0.4, 0.5) is 5.69 Å². The Morgan fingerprint density at radius 2 is 1.71 bits per heavy atom. The maximum atomic E-state index is 12.9. The highest BCUT2D eigenvalue weighted by Crippen LogP contribution is 2.33. The van der Waals surface area contributed by atoms with Gasteiger partial charge in [-0.2, -0.15) is 0 Å². The third-order valence-electron chi connectivity index (χ3n) is 4.84. The molecular formula is C20H18N2O6. The molecule has 2 aliphatic rings. The van der Waals surface area contributed by atoms with Gasteiger partial charge in [-0.3, -0.25) is 9.59 Å². The summed E-state index contributed by atoms with van der Waals surface area (Å²) in [7, 11) is 0. The molecule has 0 spiro atoms. The zero-order chi connectivity index (χ0) is 19.7. The van der Waals surface area contributed by atoms with E-state index in [2.05, 4.69) is 5.32 Å². The van der Waals surface area contributed by atoms with Crippen molar-refractivity contribution in [1.82, 2.24) is 4.90 Å². The maximum absolute atomic E-state index is 12.9. The quantitative estimate of drug-likeness (QED) is 0.841. The molecule has 0 aromatic heterocycles. The second-order valence-electron chi connectivity index (χ2n) is 6.60. The smallest absolute Gasteiger partial charge is 0.335 e. The van der Waals surface area contributed by atoms with E-state index in [9.17, 15) is 14.4 Å². The van der Waals surface area contributed by atoms with Crippen molar-refractivity contribution in [3.05, 3.63) is 53.6 Å². The van der Waals surface area contributed by atoms with Gasteiger partial charge in [0.2, 0.25) is 12.7 Å². The number of anilines is 1. The number of carboxylic acids is 1. The average Bonchev–Trinajstić information content (AvgIpc) is 3.36. The first-order valence-electron chi connectivity index (χ1n) is 8.88. The first kappa shape index (κ1) is 17.8. The van der Waals surface area contributed by atoms with Crippen LogP contribution in [0.15, 0.2) is 42.5 Å². The Morgan fingerprint density at radius 3 is 2.46 bits per heavy atom. The SMILES string of the molecule is O=C(O)c1ccc(NC(=O)C2CCCN2C(=O)c2ccc3c(c2)OCO3)cc1. The van der Waals surface area contributed by atoms with Crippen LogP contribution in [0, 0.1) is 0 Å². The van der Waals surface area contributed by atoms with E-state index in [1.165, 1.54) is 24.3 Å². The lowest BCUT2D eigenvalue weighted by Crippen LogP contribution is -2.43. The summed E-state index contributed by atoms with van der Waals surface area (Å²) >= 11 is 0. The average molecular weight is 382 g/mol. The molecule has 2 amide bonds. The molecular weight excluding hydrogens is 364 g/mol. The number of fused-ring (bicyclic) bond motifs is 1. The largest absolute Gasteiger partial charge is 0.478 e. The van der Waals surface area contributed by atoms with E-state index in [4.69, 9.17) is 14.6 Å². The summed E-state index contributed by atoms with van der Waals surface area (Å²) in [5, 5.41) is 11.7. The van der Waals surface area contributed by atoms with Crippen molar-refractivity contribution in [2.45, 2.75) is 18.9 Å². The number of nitrogens with one attached hydrogen (secondary N) is 1. The van der Waals surface area contributed by atoms with Crippen LogP contribution in [0.5, 0.6) is 11.5 Å². The molecule has 2 aromatic carbocycles. The molecule has 28 heavy (non-hydrogen) atoms. The number of benzene rings is 2. The third kappa shape index (κ3) is 3.36. The molecule has 0 aliphatic carbocycles. The molecule has 1 atom stereocenters. The molecule has 2 N–H and O–H groups in total. The second-order valence-corrected chi connectivity index (χ2v) is 6.60. The fourth-order valence-corrected chi connectivity index (χ4v) is 3.40. The van der Waals surface area contributed by atoms with Gasteiger partial charge in [-0.1, -0.05) is 0 Å². The highest BCUT2D eigenvalue weighted by molar-refractivity contribution is 6.02. The van der Waals surface area contributed by atoms with Gasteiger partial charge in [0.15, 0.2) is 11.5 Å². The van der Waals surface area contributed by atoms with Gasteiger partial charge < -0.3 is 24.8 Å². The Kier molecular flexibility index (Phi) is 4.60. The molecule has 0 radical (unpaired) electrons. The van der Waals surface area contributed by atoms with Crippen molar-refractivity contribution in [1.29, 1.82) is 0 Å². The van der Waals surface area contributed by atoms with Crippen LogP contribution in [0.1, 0.15) is 33.6 Å². The molecule has 0 bridgehead atoms. The number of aromatic carboxylic acids is 1. The number of ether oxygens (including phenoxy) is 2. The van der Waals surface area contributed by atoms with Crippen LogP contribution in [0.2, 0.25) is 0 Å². The number of carbonyl (C=O) groups excluding carboxylic acids is 2. The van der Waals surface area contributed by atoms with Crippen molar-refractivity contribution in [2.24, 2.45) is 0 Å². The molecule has 4 rings (SSSR count). The van der Waals surface area contributed by atoms with Crippen molar-refractivity contribution < 1.29 is 29.0 Å². The van der Waals surface area contributed by atoms with Crippen LogP contribution in [0.3, 0.4) is 0 Å². The first-order chi connectivity index (χ1) is 13.5. The van der Waals surface area contributed by atoms with Crippen LogP contribution < -0.4 is 14.8 Å². The number of hydrogen-bond donors (Lipinski definition) is 2. The Hall–Kier alpha value is -3.55. The summed E-state index contributed by atoms with van der Waals surface area (Å²) in [4.78, 5) is 38.1. The zero-order valence-corrected chi connectivity index (χ0v) is 14.9. The van der Waals surface area contributed by atoms with E-state index in [1.54, 1.807) is 23.1 Å². The number of amides is 2. The van der Waals surface area contributed by atoms with Crippen molar-refractivity contribution in [3.63, 3.8) is 0 Å². The molecule has 1 saturated heterocycles. The Morgan fingerprint density at radius 1 is 1.00 bits per heavy atom. The van der Waals surface area contributed by atoms with Gasteiger partial charge in [0.05, 0.1) is 5.56 Å². The van der Waals surface area contributed by atoms with Gasteiger partial charge in [0.1, 0.15) is 6.04 Å². The number of nitrogens with zero attached hydrogens (tertiary/aromatic N) is 1. The molecule has 2 aromatic rings. The minimum Gasteiger partial charge on any atom is -0.478 e. The number of hydrogen-bond acceptors (Lipinski definition) is 5. The fourth-order valence-electron chi connectivity index (χ4n) is 3.40. The van der Waals surface area contributed by atoms with E-state index in [0.29, 0.717) is 35.7 Å². The van der Waals surface area contributed by atoms with E-state index >= 15 is 0 Å². The number of carboxylic acid groups (broad SMARTS) is 1. The van der Waals surface area contributed by atoms with Gasteiger partial charge in [0.25, 0.3) is 5.91 Å². The Balaban J connectivity index is 1.47. The highest BCUT2D eigenvalue weighted by atomic mass is 16.7. The lowest BCUT2D eigenvalue weighted by molar-refractivity contribution is -0.119. The van der Waals surface area contributed by atoms with Gasteiger partial charge >= 0.3 is 5.97 Å². The highest BCUT2D eigenvalue weighted by Gasteiger charge is 2.35. The third-order valence-corrected chi connectivity index (χ3v) is 4.84. The summed E-state index contributed by atoms with van der Waals surface area (Å²) in [6.07, 6.45) is 1.29. The number of likely N-dealkylation sites (tertiary alicyclic amines) is 1. The van der Waals surface area contributed by atoms with Crippen LogP contribution in [-0.2, 0) is 4.79 Å². The molecule has 2 heterocycles. The molecule has 0 saturated carbocycles. The summed E-state index contributed by atoms with van der Waals surface area (Å²) < 4.78 is 10.6. The van der Waals surface area contributed by atoms with Crippen molar-refractivity contribution in [2.75, 3.05) is 18.7 Å². The van der Waals surface area contributed by atoms with Crippen LogP contribution in [0.25, 0.3) is 0 Å². The molecule has 2 aliphatic heterocycles. The Labute approximate surface area is 160 Å². The van der Waals surface area contributed by atoms with Gasteiger partial charge in [-0.15, -0.1) is 0 Å². The first-order valence-corrected chi connectivity index (χ1v) is 8.88. The van der Waals surface area contributed by atoms with Crippen molar-refractivity contribution >= 4 is 23.5 Å². The lowest BCUT2D eigenvalue weighted by atomic mass is 10.1. The molecule has 1 fully saturated rings. The predicted octanol–water partition coefficient (Wildman–Crippen LogP) is 2.36. The van der Waals surface area contributed by atoms with Gasteiger partial charge in [-0.25, -0.2) is 4.79 Å². The molecule has 1 unspecified atom stereocenters. The van der Waals surface area contributed by atoms with E-state index in [1.807, 2.05) is 0 Å². The normalized spacial score (nSPS) is 17.4. The Bertz CT molecular complexity index is 940. The zero-order valence-electron chi connectivity index (χ0n) is 14.9. The maximum Gasteiger partial charge on any atom is 0.335 e. The van der Waals surface area contributed by atoms with Crippen LogP contribution >= 0.6 is 0 Å². The molecule has 8 heteroatoms. The number of carbonyl (C=O) groups is 3. The van der Waals surface area contributed by atoms with Crippen LogP contribution in [-0.4, -0.2) is 47.2 Å². The van der Waals surface area contributed by atoms with Crippen molar-refractivity contribution in [3.8, 4) is 11.5 Å². The topological polar surface area (TPSA) is 105 Å². The molecule has 144 valence electrons. The summed E-state index contributed by atoms with van der Waals surface area (Å²) in [5.41, 5.74) is 1.06. The minimum absolute atomic E-state index is 0.127. The van der Waals surface area contributed by atoms with E-state index < -0.39 is 12.0 Å². The summed E-state index contributed by atoms with van der Waals surface area (Å²) in [6, 6.07) is 10.3. The van der Waals surface area contributed by atoms with E-state index in [0.717, 1.165) is 6.42 Å². The monoisotopic (exact) mass is 382 g/mol.